The number of carbonyl (C=O) groups excluding carboxylic acids is 2. The zero-order valence-electron chi connectivity index (χ0n) is 12.2. The average molecular weight is 268 g/mol. The summed E-state index contributed by atoms with van der Waals surface area (Å²) >= 11 is 0. The smallest absolute Gasteiger partial charge is 0.313 e. The van der Waals surface area contributed by atoms with Gasteiger partial charge in [-0.25, -0.2) is 0 Å². The van der Waals surface area contributed by atoms with Crippen molar-refractivity contribution in [3.8, 4) is 0 Å². The van der Waals surface area contributed by atoms with Crippen molar-refractivity contribution in [3.05, 3.63) is 0 Å². The fourth-order valence-corrected chi connectivity index (χ4v) is 2.94. The number of carbonyl (C=O) groups is 2. The Labute approximate surface area is 114 Å². The highest BCUT2D eigenvalue weighted by molar-refractivity contribution is 5.79. The second-order valence-corrected chi connectivity index (χ2v) is 6.41. The lowest BCUT2D eigenvalue weighted by atomic mass is 9.83. The molecular formula is C15H24O4. The van der Waals surface area contributed by atoms with Gasteiger partial charge in [-0.3, -0.25) is 9.59 Å². The summed E-state index contributed by atoms with van der Waals surface area (Å²) in [7, 11) is 0. The fraction of sp³-hybridized carbons (Fsp3) is 0.867. The topological polar surface area (TPSA) is 52.6 Å². The van der Waals surface area contributed by atoms with E-state index >= 15 is 0 Å². The monoisotopic (exact) mass is 268 g/mol. The van der Waals surface area contributed by atoms with Crippen LogP contribution in [0.25, 0.3) is 0 Å². The van der Waals surface area contributed by atoms with Crippen molar-refractivity contribution in [1.82, 2.24) is 0 Å². The molecule has 0 radical (unpaired) electrons. The minimum absolute atomic E-state index is 0.184. The zero-order valence-corrected chi connectivity index (χ0v) is 12.2. The van der Waals surface area contributed by atoms with E-state index in [1.807, 2.05) is 20.8 Å². The molecule has 0 bridgehead atoms. The Hall–Kier alpha value is -1.06. The maximum atomic E-state index is 12.3. The molecule has 1 aliphatic heterocycles. The summed E-state index contributed by atoms with van der Waals surface area (Å²) in [4.78, 5) is 24.2. The number of rotatable bonds is 4. The molecule has 0 aromatic carbocycles. The molecule has 1 saturated carbocycles. The molecule has 0 aromatic heterocycles. The minimum Gasteiger partial charge on any atom is -0.465 e. The highest BCUT2D eigenvalue weighted by Gasteiger charge is 2.52. The van der Waals surface area contributed by atoms with Crippen molar-refractivity contribution in [3.63, 3.8) is 0 Å². The van der Waals surface area contributed by atoms with Crippen LogP contribution in [0.2, 0.25) is 0 Å². The molecule has 0 amide bonds. The number of esters is 2. The molecule has 0 N–H and O–H groups in total. The van der Waals surface area contributed by atoms with Gasteiger partial charge in [0.2, 0.25) is 0 Å². The van der Waals surface area contributed by atoms with E-state index in [-0.39, 0.29) is 17.9 Å². The zero-order chi connectivity index (χ0) is 14.1. The van der Waals surface area contributed by atoms with E-state index in [0.29, 0.717) is 13.0 Å². The normalized spacial score (nSPS) is 26.3. The lowest BCUT2D eigenvalue weighted by Crippen LogP contribution is -2.45. The Morgan fingerprint density at radius 1 is 1.42 bits per heavy atom. The molecule has 2 aliphatic rings. The van der Waals surface area contributed by atoms with Gasteiger partial charge in [0.25, 0.3) is 0 Å². The van der Waals surface area contributed by atoms with E-state index in [1.54, 1.807) is 0 Å². The predicted molar refractivity (Wildman–Crippen MR) is 70.4 cm³/mol. The largest absolute Gasteiger partial charge is 0.465 e. The van der Waals surface area contributed by atoms with Crippen LogP contribution in [0.15, 0.2) is 0 Å². The Kier molecular flexibility index (Phi) is 3.88. The number of hydrogen-bond acceptors (Lipinski definition) is 4. The molecule has 2 fully saturated rings. The average Bonchev–Trinajstić information content (AvgIpc) is 2.98. The third kappa shape index (κ3) is 2.63. The standard InChI is InChI=1S/C15H24O4/c1-4-14(2,3)13(17)19-15(8-5-6-9-15)11-7-10-18-12(11)16/h11H,4-10H2,1-3H3. The van der Waals surface area contributed by atoms with E-state index < -0.39 is 11.0 Å². The van der Waals surface area contributed by atoms with Gasteiger partial charge < -0.3 is 9.47 Å². The molecule has 19 heavy (non-hydrogen) atoms. The van der Waals surface area contributed by atoms with E-state index in [2.05, 4.69) is 0 Å². The molecule has 0 aromatic rings. The molecule has 4 nitrogen and oxygen atoms in total. The molecule has 4 heteroatoms. The first-order valence-electron chi connectivity index (χ1n) is 7.31. The Morgan fingerprint density at radius 2 is 2.05 bits per heavy atom. The van der Waals surface area contributed by atoms with Crippen molar-refractivity contribution in [1.29, 1.82) is 0 Å². The van der Waals surface area contributed by atoms with Crippen molar-refractivity contribution in [2.24, 2.45) is 11.3 Å². The maximum absolute atomic E-state index is 12.3. The van der Waals surface area contributed by atoms with Gasteiger partial charge >= 0.3 is 11.9 Å². The predicted octanol–water partition coefficient (Wildman–Crippen LogP) is 2.84. The van der Waals surface area contributed by atoms with Crippen LogP contribution >= 0.6 is 0 Å². The van der Waals surface area contributed by atoms with Crippen LogP contribution < -0.4 is 0 Å². The fourth-order valence-electron chi connectivity index (χ4n) is 2.94. The summed E-state index contributed by atoms with van der Waals surface area (Å²) in [6.07, 6.45) is 5.03. The lowest BCUT2D eigenvalue weighted by Gasteiger charge is -2.35. The maximum Gasteiger partial charge on any atom is 0.313 e. The van der Waals surface area contributed by atoms with Crippen molar-refractivity contribution < 1.29 is 19.1 Å². The summed E-state index contributed by atoms with van der Waals surface area (Å²) in [5.74, 6) is -0.632. The second-order valence-electron chi connectivity index (χ2n) is 6.41. The SMILES string of the molecule is CCC(C)(C)C(=O)OC1(C2CCOC2=O)CCCC1. The van der Waals surface area contributed by atoms with Gasteiger partial charge in [-0.05, 0) is 52.4 Å². The van der Waals surface area contributed by atoms with Crippen molar-refractivity contribution in [2.75, 3.05) is 6.61 Å². The van der Waals surface area contributed by atoms with E-state index in [1.165, 1.54) is 0 Å². The second kappa shape index (κ2) is 5.14. The summed E-state index contributed by atoms with van der Waals surface area (Å²) in [6, 6.07) is 0. The molecule has 108 valence electrons. The third-order valence-electron chi connectivity index (χ3n) is 4.75. The summed E-state index contributed by atoms with van der Waals surface area (Å²) in [5, 5.41) is 0. The van der Waals surface area contributed by atoms with Crippen molar-refractivity contribution in [2.45, 2.75) is 64.9 Å². The molecule has 2 rings (SSSR count). The molecule has 1 unspecified atom stereocenters. The molecule has 1 atom stereocenters. The van der Waals surface area contributed by atoms with Gasteiger partial charge in [0.1, 0.15) is 5.60 Å². The van der Waals surface area contributed by atoms with Gasteiger partial charge in [0.05, 0.1) is 17.9 Å². The van der Waals surface area contributed by atoms with E-state index in [9.17, 15) is 9.59 Å². The molecule has 1 aliphatic carbocycles. The minimum atomic E-state index is -0.600. The van der Waals surface area contributed by atoms with Gasteiger partial charge in [-0.1, -0.05) is 6.92 Å². The number of cyclic esters (lactones) is 1. The van der Waals surface area contributed by atoms with Gasteiger partial charge in [-0.15, -0.1) is 0 Å². The quantitative estimate of drug-likeness (QED) is 0.736. The summed E-state index contributed by atoms with van der Waals surface area (Å²) < 4.78 is 10.9. The lowest BCUT2D eigenvalue weighted by molar-refractivity contribution is -0.179. The van der Waals surface area contributed by atoms with Gasteiger partial charge in [0, 0.05) is 0 Å². The molecule has 1 saturated heterocycles. The van der Waals surface area contributed by atoms with Gasteiger partial charge in [0.15, 0.2) is 0 Å². The Morgan fingerprint density at radius 3 is 2.53 bits per heavy atom. The number of hydrogen-bond donors (Lipinski definition) is 0. The van der Waals surface area contributed by atoms with E-state index in [0.717, 1.165) is 32.1 Å². The highest BCUT2D eigenvalue weighted by Crippen LogP contribution is 2.44. The Bertz CT molecular complexity index is 366. The Balaban J connectivity index is 2.16. The van der Waals surface area contributed by atoms with Gasteiger partial charge in [-0.2, -0.15) is 0 Å². The van der Waals surface area contributed by atoms with Crippen LogP contribution in [0.5, 0.6) is 0 Å². The van der Waals surface area contributed by atoms with Crippen LogP contribution in [-0.2, 0) is 19.1 Å². The van der Waals surface area contributed by atoms with Crippen LogP contribution in [0.4, 0.5) is 0 Å². The third-order valence-corrected chi connectivity index (χ3v) is 4.75. The number of ether oxygens (including phenoxy) is 2. The molecular weight excluding hydrogens is 244 g/mol. The molecule has 1 heterocycles. The first-order chi connectivity index (χ1) is 8.91. The van der Waals surface area contributed by atoms with Crippen LogP contribution in [0.1, 0.15) is 59.3 Å². The summed E-state index contributed by atoms with van der Waals surface area (Å²) in [5.41, 5.74) is -1.09. The first kappa shape index (κ1) is 14.4. The van der Waals surface area contributed by atoms with E-state index in [4.69, 9.17) is 9.47 Å². The molecule has 0 spiro atoms. The summed E-state index contributed by atoms with van der Waals surface area (Å²) in [6.45, 7) is 6.22. The van der Waals surface area contributed by atoms with Crippen LogP contribution in [0, 0.1) is 11.3 Å². The van der Waals surface area contributed by atoms with Crippen LogP contribution in [0.3, 0.4) is 0 Å². The highest BCUT2D eigenvalue weighted by atomic mass is 16.6. The van der Waals surface area contributed by atoms with Crippen molar-refractivity contribution >= 4 is 11.9 Å². The first-order valence-corrected chi connectivity index (χ1v) is 7.31. The van der Waals surface area contributed by atoms with Crippen LogP contribution in [-0.4, -0.2) is 24.1 Å².